The fourth-order valence-electron chi connectivity index (χ4n) is 1.30. The van der Waals surface area contributed by atoms with Crippen molar-refractivity contribution in [1.82, 2.24) is 4.98 Å². The Morgan fingerprint density at radius 3 is 2.87 bits per heavy atom. The van der Waals surface area contributed by atoms with Gasteiger partial charge in [0.15, 0.2) is 0 Å². The van der Waals surface area contributed by atoms with Crippen LogP contribution in [0.3, 0.4) is 0 Å². The van der Waals surface area contributed by atoms with E-state index in [1.54, 1.807) is 19.2 Å². The first kappa shape index (κ1) is 11.5. The molecule has 4 nitrogen and oxygen atoms in total. The molecule has 2 N–H and O–H groups in total. The predicted octanol–water partition coefficient (Wildman–Crippen LogP) is 1.72. The van der Waals surface area contributed by atoms with Gasteiger partial charge in [-0.1, -0.05) is 13.0 Å². The lowest BCUT2D eigenvalue weighted by Gasteiger charge is -2.10. The Kier molecular flexibility index (Phi) is 4.09. The largest absolute Gasteiger partial charge is 0.466 e. The number of anilines is 1. The van der Waals surface area contributed by atoms with Crippen molar-refractivity contribution in [2.75, 3.05) is 12.3 Å². The van der Waals surface area contributed by atoms with Crippen LogP contribution in [0, 0.1) is 0 Å². The van der Waals surface area contributed by atoms with Crippen LogP contribution in [0.25, 0.3) is 0 Å². The number of hydrogen-bond donors (Lipinski definition) is 1. The van der Waals surface area contributed by atoms with Gasteiger partial charge in [-0.05, 0) is 24.5 Å². The molecular weight excluding hydrogens is 192 g/mol. The van der Waals surface area contributed by atoms with Gasteiger partial charge in [0.05, 0.1) is 13.0 Å². The molecule has 0 bridgehead atoms. The summed E-state index contributed by atoms with van der Waals surface area (Å²) in [4.78, 5) is 15.2. The molecule has 1 aromatic rings. The predicted molar refractivity (Wildman–Crippen MR) is 58.3 cm³/mol. The van der Waals surface area contributed by atoms with E-state index in [2.05, 4.69) is 4.98 Å². The Bertz CT molecular complexity index is 322. The second-order valence-corrected chi connectivity index (χ2v) is 3.43. The van der Waals surface area contributed by atoms with Crippen molar-refractivity contribution in [3.63, 3.8) is 0 Å². The Hall–Kier alpha value is -1.58. The van der Waals surface area contributed by atoms with Gasteiger partial charge in [-0.15, -0.1) is 0 Å². The third-order valence-corrected chi connectivity index (χ3v) is 2.16. The monoisotopic (exact) mass is 208 g/mol. The molecule has 0 fully saturated rings. The summed E-state index contributed by atoms with van der Waals surface area (Å²) >= 11 is 0. The average molecular weight is 208 g/mol. The average Bonchev–Trinajstić information content (AvgIpc) is 2.18. The lowest BCUT2D eigenvalue weighted by atomic mass is 10.00. The smallest absolute Gasteiger partial charge is 0.306 e. The van der Waals surface area contributed by atoms with Gasteiger partial charge in [-0.25, -0.2) is 4.98 Å². The van der Waals surface area contributed by atoms with E-state index in [-0.39, 0.29) is 11.9 Å². The van der Waals surface area contributed by atoms with Crippen molar-refractivity contribution in [3.05, 3.63) is 23.9 Å². The second kappa shape index (κ2) is 5.34. The Morgan fingerprint density at radius 1 is 1.60 bits per heavy atom. The van der Waals surface area contributed by atoms with Crippen LogP contribution in [-0.2, 0) is 9.53 Å². The molecule has 1 unspecified atom stereocenters. The summed E-state index contributed by atoms with van der Waals surface area (Å²) in [5, 5.41) is 0. The van der Waals surface area contributed by atoms with Crippen molar-refractivity contribution < 1.29 is 9.53 Å². The van der Waals surface area contributed by atoms with Crippen LogP contribution in [0.2, 0.25) is 0 Å². The summed E-state index contributed by atoms with van der Waals surface area (Å²) in [5.74, 6) is 0.418. The highest BCUT2D eigenvalue weighted by molar-refractivity contribution is 5.70. The van der Waals surface area contributed by atoms with Gasteiger partial charge in [-0.2, -0.15) is 0 Å². The number of nitrogen functional groups attached to an aromatic ring is 1. The van der Waals surface area contributed by atoms with Crippen LogP contribution < -0.4 is 5.73 Å². The van der Waals surface area contributed by atoms with E-state index < -0.39 is 0 Å². The number of carbonyl (C=O) groups is 1. The number of esters is 1. The SMILES string of the molecule is CCOC(=O)CC(C)c1ccc(N)nc1. The quantitative estimate of drug-likeness (QED) is 0.765. The van der Waals surface area contributed by atoms with E-state index in [9.17, 15) is 4.79 Å². The van der Waals surface area contributed by atoms with E-state index in [1.165, 1.54) is 0 Å². The van der Waals surface area contributed by atoms with Crippen molar-refractivity contribution in [3.8, 4) is 0 Å². The minimum atomic E-state index is -0.179. The summed E-state index contributed by atoms with van der Waals surface area (Å²) in [6, 6.07) is 3.61. The third-order valence-electron chi connectivity index (χ3n) is 2.16. The Balaban J connectivity index is 2.57. The fraction of sp³-hybridized carbons (Fsp3) is 0.455. The highest BCUT2D eigenvalue weighted by Gasteiger charge is 2.11. The first-order valence-corrected chi connectivity index (χ1v) is 5.00. The molecule has 0 amide bonds. The molecule has 1 rings (SSSR count). The van der Waals surface area contributed by atoms with Gasteiger partial charge in [0.2, 0.25) is 0 Å². The van der Waals surface area contributed by atoms with Gasteiger partial charge in [0, 0.05) is 6.20 Å². The molecule has 0 aliphatic heterocycles. The molecule has 4 heteroatoms. The highest BCUT2D eigenvalue weighted by Crippen LogP contribution is 2.18. The zero-order valence-electron chi connectivity index (χ0n) is 9.06. The van der Waals surface area contributed by atoms with E-state index in [0.29, 0.717) is 18.8 Å². The molecule has 1 heterocycles. The third kappa shape index (κ3) is 3.58. The van der Waals surface area contributed by atoms with Crippen LogP contribution in [0.15, 0.2) is 18.3 Å². The van der Waals surface area contributed by atoms with Gasteiger partial charge in [0.1, 0.15) is 5.82 Å². The summed E-state index contributed by atoms with van der Waals surface area (Å²) < 4.78 is 4.87. The molecular formula is C11H16N2O2. The molecule has 1 aromatic heterocycles. The number of ether oxygens (including phenoxy) is 1. The zero-order valence-corrected chi connectivity index (χ0v) is 9.06. The van der Waals surface area contributed by atoms with E-state index in [4.69, 9.17) is 10.5 Å². The van der Waals surface area contributed by atoms with Crippen molar-refractivity contribution in [2.24, 2.45) is 0 Å². The molecule has 1 atom stereocenters. The zero-order chi connectivity index (χ0) is 11.3. The Labute approximate surface area is 89.5 Å². The summed E-state index contributed by atoms with van der Waals surface area (Å²) in [5.41, 5.74) is 6.47. The molecule has 0 aliphatic carbocycles. The second-order valence-electron chi connectivity index (χ2n) is 3.43. The van der Waals surface area contributed by atoms with Crippen LogP contribution in [0.5, 0.6) is 0 Å². The number of aromatic nitrogens is 1. The van der Waals surface area contributed by atoms with E-state index >= 15 is 0 Å². The van der Waals surface area contributed by atoms with Crippen molar-refractivity contribution in [2.45, 2.75) is 26.2 Å². The normalized spacial score (nSPS) is 12.1. The minimum absolute atomic E-state index is 0.108. The lowest BCUT2D eigenvalue weighted by molar-refractivity contribution is -0.143. The van der Waals surface area contributed by atoms with Gasteiger partial charge >= 0.3 is 5.97 Å². The number of nitrogens with zero attached hydrogens (tertiary/aromatic N) is 1. The molecule has 0 spiro atoms. The highest BCUT2D eigenvalue weighted by atomic mass is 16.5. The van der Waals surface area contributed by atoms with Gasteiger partial charge in [0.25, 0.3) is 0 Å². The van der Waals surface area contributed by atoms with Gasteiger partial charge in [-0.3, -0.25) is 4.79 Å². The maximum absolute atomic E-state index is 11.2. The number of hydrogen-bond acceptors (Lipinski definition) is 4. The van der Waals surface area contributed by atoms with E-state index in [0.717, 1.165) is 5.56 Å². The maximum Gasteiger partial charge on any atom is 0.306 e. The Morgan fingerprint density at radius 2 is 2.33 bits per heavy atom. The molecule has 0 saturated heterocycles. The first-order valence-electron chi connectivity index (χ1n) is 5.00. The fourth-order valence-corrected chi connectivity index (χ4v) is 1.30. The van der Waals surface area contributed by atoms with Crippen LogP contribution in [0.4, 0.5) is 5.82 Å². The van der Waals surface area contributed by atoms with Crippen LogP contribution in [-0.4, -0.2) is 17.6 Å². The van der Waals surface area contributed by atoms with Crippen LogP contribution in [0.1, 0.15) is 31.7 Å². The number of nitrogens with two attached hydrogens (primary N) is 1. The van der Waals surface area contributed by atoms with Gasteiger partial charge < -0.3 is 10.5 Å². The molecule has 15 heavy (non-hydrogen) atoms. The molecule has 0 aliphatic rings. The first-order chi connectivity index (χ1) is 7.13. The standard InChI is InChI=1S/C11H16N2O2/c1-3-15-11(14)6-8(2)9-4-5-10(12)13-7-9/h4-5,7-8H,3,6H2,1-2H3,(H2,12,13). The maximum atomic E-state index is 11.2. The molecule has 0 aromatic carbocycles. The summed E-state index contributed by atoms with van der Waals surface area (Å²) in [7, 11) is 0. The molecule has 82 valence electrons. The minimum Gasteiger partial charge on any atom is -0.466 e. The molecule has 0 saturated carbocycles. The number of pyridine rings is 1. The van der Waals surface area contributed by atoms with Crippen molar-refractivity contribution in [1.29, 1.82) is 0 Å². The summed E-state index contributed by atoms with van der Waals surface area (Å²) in [6.07, 6.45) is 2.07. The van der Waals surface area contributed by atoms with Crippen molar-refractivity contribution >= 4 is 11.8 Å². The van der Waals surface area contributed by atoms with E-state index in [1.807, 2.05) is 13.0 Å². The van der Waals surface area contributed by atoms with Crippen LogP contribution >= 0.6 is 0 Å². The number of carbonyl (C=O) groups excluding carboxylic acids is 1. The molecule has 0 radical (unpaired) electrons. The number of rotatable bonds is 4. The summed E-state index contributed by atoms with van der Waals surface area (Å²) in [6.45, 7) is 4.18. The lowest BCUT2D eigenvalue weighted by Crippen LogP contribution is -2.08. The topological polar surface area (TPSA) is 65.2 Å².